The summed E-state index contributed by atoms with van der Waals surface area (Å²) in [5.74, 6) is -0.00186. The minimum atomic E-state index is -0.520. The van der Waals surface area contributed by atoms with Crippen molar-refractivity contribution in [2.24, 2.45) is 5.92 Å². The number of carbonyl (C=O) groups is 1. The maximum Gasteiger partial charge on any atom is 0.312 e. The SMILES string of the molecule is Cc1cc(F)ccc1C(=O)N1C[C@H]2COC[C@@]2(c2nnc(N)o2)C1. The largest absolute Gasteiger partial charge is 0.407 e. The summed E-state index contributed by atoms with van der Waals surface area (Å²) in [6.07, 6.45) is 0. The fourth-order valence-corrected chi connectivity index (χ4v) is 3.67. The van der Waals surface area contributed by atoms with E-state index in [9.17, 15) is 9.18 Å². The van der Waals surface area contributed by atoms with Crippen LogP contribution in [-0.4, -0.2) is 47.3 Å². The van der Waals surface area contributed by atoms with Crippen molar-refractivity contribution >= 4 is 11.9 Å². The van der Waals surface area contributed by atoms with Crippen LogP contribution in [0.4, 0.5) is 10.4 Å². The van der Waals surface area contributed by atoms with Gasteiger partial charge in [0.25, 0.3) is 5.91 Å². The van der Waals surface area contributed by atoms with Gasteiger partial charge >= 0.3 is 6.01 Å². The molecule has 1 amide bonds. The monoisotopic (exact) mass is 332 g/mol. The van der Waals surface area contributed by atoms with Gasteiger partial charge in [-0.1, -0.05) is 5.10 Å². The Labute approximate surface area is 137 Å². The second kappa shape index (κ2) is 5.27. The molecule has 126 valence electrons. The fraction of sp³-hybridized carbons (Fsp3) is 0.438. The summed E-state index contributed by atoms with van der Waals surface area (Å²) < 4.78 is 24.3. The van der Waals surface area contributed by atoms with Crippen molar-refractivity contribution in [3.63, 3.8) is 0 Å². The highest BCUT2D eigenvalue weighted by Gasteiger charge is 2.56. The number of likely N-dealkylation sites (tertiary alicyclic amines) is 1. The van der Waals surface area contributed by atoms with Gasteiger partial charge in [0.05, 0.1) is 18.6 Å². The van der Waals surface area contributed by atoms with Crippen molar-refractivity contribution in [2.75, 3.05) is 32.0 Å². The molecule has 2 atom stereocenters. The summed E-state index contributed by atoms with van der Waals surface area (Å²) in [6.45, 7) is 3.59. The van der Waals surface area contributed by atoms with Crippen LogP contribution in [0.1, 0.15) is 21.8 Å². The zero-order chi connectivity index (χ0) is 16.9. The Balaban J connectivity index is 1.64. The van der Waals surface area contributed by atoms with Gasteiger partial charge in [-0.3, -0.25) is 4.79 Å². The summed E-state index contributed by atoms with van der Waals surface area (Å²) in [6, 6.07) is 4.19. The van der Waals surface area contributed by atoms with Crippen molar-refractivity contribution in [3.05, 3.63) is 41.0 Å². The van der Waals surface area contributed by atoms with Crippen LogP contribution in [0.25, 0.3) is 0 Å². The predicted octanol–water partition coefficient (Wildman–Crippen LogP) is 1.14. The molecule has 0 saturated carbocycles. The third-order valence-electron chi connectivity index (χ3n) is 4.95. The Bertz CT molecular complexity index is 808. The molecule has 1 aromatic carbocycles. The van der Waals surface area contributed by atoms with Crippen LogP contribution in [0.2, 0.25) is 0 Å². The number of fused-ring (bicyclic) bond motifs is 1. The summed E-state index contributed by atoms with van der Waals surface area (Å²) in [5.41, 5.74) is 6.14. The number of nitrogen functional groups attached to an aromatic ring is 1. The number of aryl methyl sites for hydroxylation is 1. The summed E-state index contributed by atoms with van der Waals surface area (Å²) in [5, 5.41) is 7.75. The van der Waals surface area contributed by atoms with Gasteiger partial charge in [0.15, 0.2) is 0 Å². The molecule has 0 spiro atoms. The van der Waals surface area contributed by atoms with E-state index in [-0.39, 0.29) is 23.7 Å². The van der Waals surface area contributed by atoms with Crippen LogP contribution in [-0.2, 0) is 10.2 Å². The second-order valence-corrected chi connectivity index (χ2v) is 6.46. The quantitative estimate of drug-likeness (QED) is 0.886. The average molecular weight is 332 g/mol. The molecule has 24 heavy (non-hydrogen) atoms. The van der Waals surface area contributed by atoms with Crippen molar-refractivity contribution < 1.29 is 18.3 Å². The standard InChI is InChI=1S/C16H17FN4O3/c1-9-4-11(17)2-3-12(9)13(22)21-5-10-6-23-8-16(10,7-21)14-19-20-15(18)24-14/h2-4,10H,5-8H2,1H3,(H2,18,20)/t10-,16-/m0/s1. The lowest BCUT2D eigenvalue weighted by Crippen LogP contribution is -2.37. The number of halogens is 1. The molecular weight excluding hydrogens is 315 g/mol. The van der Waals surface area contributed by atoms with Crippen molar-refractivity contribution in [2.45, 2.75) is 12.3 Å². The van der Waals surface area contributed by atoms with Crippen LogP contribution in [0, 0.1) is 18.7 Å². The lowest BCUT2D eigenvalue weighted by Gasteiger charge is -2.23. The maximum atomic E-state index is 13.3. The molecule has 0 bridgehead atoms. The molecule has 2 aliphatic heterocycles. The lowest BCUT2D eigenvalue weighted by molar-refractivity contribution is 0.0738. The molecule has 4 rings (SSSR count). The van der Waals surface area contributed by atoms with Gasteiger partial charge in [0.2, 0.25) is 5.89 Å². The van der Waals surface area contributed by atoms with Gasteiger partial charge in [-0.05, 0) is 30.7 Å². The van der Waals surface area contributed by atoms with Crippen molar-refractivity contribution in [1.82, 2.24) is 15.1 Å². The molecule has 2 saturated heterocycles. The van der Waals surface area contributed by atoms with E-state index in [4.69, 9.17) is 14.9 Å². The minimum absolute atomic E-state index is 0.00387. The molecule has 0 aliphatic carbocycles. The number of nitrogens with zero attached hydrogens (tertiary/aromatic N) is 3. The molecule has 8 heteroatoms. The fourth-order valence-electron chi connectivity index (χ4n) is 3.67. The number of hydrogen-bond donors (Lipinski definition) is 1. The van der Waals surface area contributed by atoms with Crippen molar-refractivity contribution in [1.29, 1.82) is 0 Å². The summed E-state index contributed by atoms with van der Waals surface area (Å²) in [7, 11) is 0. The number of rotatable bonds is 2. The minimum Gasteiger partial charge on any atom is -0.407 e. The zero-order valence-electron chi connectivity index (χ0n) is 13.2. The van der Waals surface area contributed by atoms with E-state index in [1.165, 1.54) is 18.2 Å². The van der Waals surface area contributed by atoms with E-state index < -0.39 is 5.41 Å². The smallest absolute Gasteiger partial charge is 0.312 e. The third-order valence-corrected chi connectivity index (χ3v) is 4.95. The van der Waals surface area contributed by atoms with Crippen LogP contribution in [0.3, 0.4) is 0 Å². The number of carbonyl (C=O) groups excluding carboxylic acids is 1. The molecule has 2 fully saturated rings. The first-order valence-corrected chi connectivity index (χ1v) is 7.72. The summed E-state index contributed by atoms with van der Waals surface area (Å²) >= 11 is 0. The average Bonchev–Trinajstić information content (AvgIpc) is 3.19. The van der Waals surface area contributed by atoms with Gasteiger partial charge < -0.3 is 19.8 Å². The van der Waals surface area contributed by atoms with E-state index in [0.29, 0.717) is 43.3 Å². The molecule has 2 aromatic rings. The van der Waals surface area contributed by atoms with Gasteiger partial charge in [-0.25, -0.2) is 4.39 Å². The van der Waals surface area contributed by atoms with E-state index in [1.54, 1.807) is 11.8 Å². The Morgan fingerprint density at radius 3 is 3.00 bits per heavy atom. The Hall–Kier alpha value is -2.48. The predicted molar refractivity (Wildman–Crippen MR) is 81.7 cm³/mol. The number of ether oxygens (including phenoxy) is 1. The topological polar surface area (TPSA) is 94.5 Å². The molecule has 1 aromatic heterocycles. The first-order chi connectivity index (χ1) is 11.5. The lowest BCUT2D eigenvalue weighted by atomic mass is 9.81. The molecule has 0 radical (unpaired) electrons. The Morgan fingerprint density at radius 1 is 1.46 bits per heavy atom. The zero-order valence-corrected chi connectivity index (χ0v) is 13.2. The van der Waals surface area contributed by atoms with Gasteiger partial charge in [-0.15, -0.1) is 5.10 Å². The first-order valence-electron chi connectivity index (χ1n) is 7.72. The van der Waals surface area contributed by atoms with Gasteiger partial charge in [0, 0.05) is 24.6 Å². The molecular formula is C16H17FN4O3. The molecule has 2 aliphatic rings. The second-order valence-electron chi connectivity index (χ2n) is 6.46. The van der Waals surface area contributed by atoms with Gasteiger partial charge in [-0.2, -0.15) is 0 Å². The number of anilines is 1. The number of amides is 1. The van der Waals surface area contributed by atoms with Gasteiger partial charge in [0.1, 0.15) is 5.82 Å². The van der Waals surface area contributed by atoms with E-state index in [2.05, 4.69) is 10.2 Å². The highest BCUT2D eigenvalue weighted by molar-refractivity contribution is 5.96. The van der Waals surface area contributed by atoms with E-state index in [0.717, 1.165) is 0 Å². The van der Waals surface area contributed by atoms with E-state index in [1.807, 2.05) is 0 Å². The third kappa shape index (κ3) is 2.17. The molecule has 2 N–H and O–H groups in total. The molecule has 7 nitrogen and oxygen atoms in total. The van der Waals surface area contributed by atoms with Crippen LogP contribution < -0.4 is 5.73 Å². The number of hydrogen-bond acceptors (Lipinski definition) is 6. The Kier molecular flexibility index (Phi) is 3.31. The van der Waals surface area contributed by atoms with Crippen LogP contribution >= 0.6 is 0 Å². The first kappa shape index (κ1) is 15.1. The highest BCUT2D eigenvalue weighted by atomic mass is 19.1. The summed E-state index contributed by atoms with van der Waals surface area (Å²) in [4.78, 5) is 14.6. The Morgan fingerprint density at radius 2 is 2.29 bits per heavy atom. The van der Waals surface area contributed by atoms with Crippen molar-refractivity contribution in [3.8, 4) is 0 Å². The normalized spacial score (nSPS) is 25.9. The van der Waals surface area contributed by atoms with E-state index >= 15 is 0 Å². The highest BCUT2D eigenvalue weighted by Crippen LogP contribution is 2.43. The molecule has 0 unspecified atom stereocenters. The van der Waals surface area contributed by atoms with Crippen LogP contribution in [0.15, 0.2) is 22.6 Å². The molecule has 3 heterocycles. The number of nitrogens with two attached hydrogens (primary N) is 1. The number of aromatic nitrogens is 2. The maximum absolute atomic E-state index is 13.3. The van der Waals surface area contributed by atoms with Crippen LogP contribution in [0.5, 0.6) is 0 Å². The number of benzene rings is 1.